The van der Waals surface area contributed by atoms with Gasteiger partial charge in [-0.15, -0.1) is 0 Å². The van der Waals surface area contributed by atoms with Crippen LogP contribution in [0.3, 0.4) is 0 Å². The third-order valence-electron chi connectivity index (χ3n) is 4.50. The summed E-state index contributed by atoms with van der Waals surface area (Å²) < 4.78 is 46.4. The van der Waals surface area contributed by atoms with Crippen molar-refractivity contribution in [2.24, 2.45) is 0 Å². The van der Waals surface area contributed by atoms with Gasteiger partial charge in [-0.1, -0.05) is 0 Å². The Labute approximate surface area is 149 Å². The van der Waals surface area contributed by atoms with E-state index in [9.17, 15) is 18.0 Å². The highest BCUT2D eigenvalue weighted by atomic mass is 19.4. The summed E-state index contributed by atoms with van der Waals surface area (Å²) in [6.45, 7) is 4.56. The molecule has 1 aliphatic heterocycles. The van der Waals surface area contributed by atoms with Gasteiger partial charge in [0.1, 0.15) is 0 Å². The quantitative estimate of drug-likeness (QED) is 0.869. The van der Waals surface area contributed by atoms with Crippen LogP contribution in [0.4, 0.5) is 13.2 Å². The van der Waals surface area contributed by atoms with Crippen molar-refractivity contribution in [3.8, 4) is 0 Å². The van der Waals surface area contributed by atoms with Crippen molar-refractivity contribution in [2.45, 2.75) is 51.4 Å². The molecule has 1 aromatic heterocycles. The van der Waals surface area contributed by atoms with Gasteiger partial charge in [0.25, 0.3) is 5.91 Å². The van der Waals surface area contributed by atoms with Gasteiger partial charge in [-0.25, -0.2) is 4.98 Å². The second-order valence-corrected chi connectivity index (χ2v) is 6.78. The van der Waals surface area contributed by atoms with E-state index in [0.29, 0.717) is 17.6 Å². The highest BCUT2D eigenvalue weighted by Crippen LogP contribution is 2.33. The van der Waals surface area contributed by atoms with Crippen molar-refractivity contribution in [3.05, 3.63) is 29.6 Å². The Morgan fingerprint density at radius 2 is 2.19 bits per heavy atom. The number of carbonyl (C=O) groups excluding carboxylic acids is 1. The van der Waals surface area contributed by atoms with Gasteiger partial charge in [0.15, 0.2) is 0 Å². The van der Waals surface area contributed by atoms with E-state index in [1.165, 1.54) is 18.2 Å². The maximum absolute atomic E-state index is 13.2. The predicted octanol–water partition coefficient (Wildman–Crippen LogP) is 3.93. The molecule has 1 N–H and O–H groups in total. The third-order valence-corrected chi connectivity index (χ3v) is 4.50. The van der Waals surface area contributed by atoms with Crippen molar-refractivity contribution in [1.29, 1.82) is 0 Å². The van der Waals surface area contributed by atoms with Gasteiger partial charge >= 0.3 is 6.18 Å². The lowest BCUT2D eigenvalue weighted by Crippen LogP contribution is -2.27. The van der Waals surface area contributed by atoms with E-state index in [1.54, 1.807) is 13.8 Å². The lowest BCUT2D eigenvalue weighted by Gasteiger charge is -2.14. The molecule has 2 aromatic rings. The fraction of sp³-hybridized carbons (Fsp3) is 0.556. The number of hydrogen-bond acceptors (Lipinski definition) is 3. The molecular weight excluding hydrogens is 347 g/mol. The summed E-state index contributed by atoms with van der Waals surface area (Å²) in [6.07, 6.45) is -1.61. The Hall–Kier alpha value is -2.09. The number of ether oxygens (including phenoxy) is 1. The molecule has 1 unspecified atom stereocenters. The maximum Gasteiger partial charge on any atom is 0.449 e. The fourth-order valence-electron chi connectivity index (χ4n) is 3.28. The summed E-state index contributed by atoms with van der Waals surface area (Å²) in [5.74, 6) is -1.27. The number of fused-ring (bicyclic) bond motifs is 1. The van der Waals surface area contributed by atoms with Crippen molar-refractivity contribution in [2.75, 3.05) is 13.2 Å². The molecule has 0 aliphatic carbocycles. The molecule has 0 saturated carbocycles. The van der Waals surface area contributed by atoms with Crippen LogP contribution in [0, 0.1) is 0 Å². The molecule has 3 rings (SSSR count). The van der Waals surface area contributed by atoms with Crippen LogP contribution in [-0.2, 0) is 10.9 Å². The summed E-state index contributed by atoms with van der Waals surface area (Å²) in [5, 5.41) is 2.79. The molecule has 2 heterocycles. The van der Waals surface area contributed by atoms with Crippen molar-refractivity contribution in [3.63, 3.8) is 0 Å². The highest BCUT2D eigenvalue weighted by Gasteiger charge is 2.38. The fourth-order valence-corrected chi connectivity index (χ4v) is 3.28. The molecule has 1 fully saturated rings. The first-order valence-corrected chi connectivity index (χ1v) is 8.76. The number of aromatic nitrogens is 2. The van der Waals surface area contributed by atoms with Crippen LogP contribution in [0.2, 0.25) is 0 Å². The largest absolute Gasteiger partial charge is 0.449 e. The summed E-state index contributed by atoms with van der Waals surface area (Å²) in [5.41, 5.74) is 0.827. The van der Waals surface area contributed by atoms with Gasteiger partial charge in [-0.3, -0.25) is 4.79 Å². The van der Waals surface area contributed by atoms with Crippen LogP contribution in [-0.4, -0.2) is 34.7 Å². The first kappa shape index (κ1) is 18.7. The molecular formula is C18H22F3N3O2. The minimum absolute atomic E-state index is 0.165. The normalized spacial score (nSPS) is 18.0. The van der Waals surface area contributed by atoms with Crippen LogP contribution in [0.1, 0.15) is 55.3 Å². The van der Waals surface area contributed by atoms with Crippen LogP contribution >= 0.6 is 0 Å². The Morgan fingerprint density at radius 3 is 2.81 bits per heavy atom. The Kier molecular flexibility index (Phi) is 5.22. The van der Waals surface area contributed by atoms with Gasteiger partial charge in [0, 0.05) is 24.8 Å². The molecule has 5 nitrogen and oxygen atoms in total. The number of nitrogens with one attached hydrogen (secondary N) is 1. The third kappa shape index (κ3) is 3.85. The molecule has 1 atom stereocenters. The minimum Gasteiger partial charge on any atom is -0.378 e. The van der Waals surface area contributed by atoms with E-state index in [4.69, 9.17) is 4.74 Å². The zero-order valence-electron chi connectivity index (χ0n) is 14.8. The van der Waals surface area contributed by atoms with E-state index in [2.05, 4.69) is 10.3 Å². The van der Waals surface area contributed by atoms with Crippen molar-refractivity contribution < 1.29 is 22.7 Å². The van der Waals surface area contributed by atoms with Gasteiger partial charge in [-0.05, 0) is 51.3 Å². The van der Waals surface area contributed by atoms with Crippen LogP contribution in [0.5, 0.6) is 0 Å². The summed E-state index contributed by atoms with van der Waals surface area (Å²) in [6, 6.07) is 4.06. The molecule has 0 spiro atoms. The predicted molar refractivity (Wildman–Crippen MR) is 91.0 cm³/mol. The molecule has 1 amide bonds. The topological polar surface area (TPSA) is 56.2 Å². The van der Waals surface area contributed by atoms with Gasteiger partial charge in [0.2, 0.25) is 5.82 Å². The molecule has 142 valence electrons. The lowest BCUT2D eigenvalue weighted by atomic mass is 10.1. The number of benzene rings is 1. The second kappa shape index (κ2) is 7.26. The van der Waals surface area contributed by atoms with E-state index >= 15 is 0 Å². The highest BCUT2D eigenvalue weighted by molar-refractivity contribution is 5.97. The molecule has 1 saturated heterocycles. The molecule has 1 aromatic carbocycles. The number of carbonyl (C=O) groups is 1. The van der Waals surface area contributed by atoms with Crippen molar-refractivity contribution >= 4 is 16.9 Å². The molecule has 0 radical (unpaired) electrons. The number of imidazole rings is 1. The first-order chi connectivity index (χ1) is 12.3. The second-order valence-electron chi connectivity index (χ2n) is 6.78. The minimum atomic E-state index is -4.55. The number of nitrogens with zero attached hydrogens (tertiary/aromatic N) is 2. The van der Waals surface area contributed by atoms with Crippen LogP contribution in [0.15, 0.2) is 18.2 Å². The smallest absolute Gasteiger partial charge is 0.378 e. The number of rotatable bonds is 5. The van der Waals surface area contributed by atoms with Gasteiger partial charge in [0.05, 0.1) is 17.1 Å². The lowest BCUT2D eigenvalue weighted by molar-refractivity contribution is -0.147. The maximum atomic E-state index is 13.2. The number of amides is 1. The van der Waals surface area contributed by atoms with E-state index in [0.717, 1.165) is 30.4 Å². The number of alkyl halides is 3. The number of halogens is 3. The molecule has 8 heteroatoms. The molecule has 1 aliphatic rings. The van der Waals surface area contributed by atoms with E-state index in [-0.39, 0.29) is 17.5 Å². The van der Waals surface area contributed by atoms with Crippen LogP contribution in [0.25, 0.3) is 11.0 Å². The van der Waals surface area contributed by atoms with E-state index < -0.39 is 18.0 Å². The summed E-state index contributed by atoms with van der Waals surface area (Å²) >= 11 is 0. The molecule has 26 heavy (non-hydrogen) atoms. The average molecular weight is 369 g/mol. The van der Waals surface area contributed by atoms with Crippen molar-refractivity contribution in [1.82, 2.24) is 14.9 Å². The molecule has 0 bridgehead atoms. The average Bonchev–Trinajstić information content (AvgIpc) is 3.20. The Bertz CT molecular complexity index is 793. The standard InChI is InChI=1S/C18H22F3N3O2/c1-11(2)24-15-6-5-12(10-14(15)23-17(24)18(19,20)21)16(25)22-8-7-13-4-3-9-26-13/h5-6,10-11,13H,3-4,7-9H2,1-2H3,(H,22,25). The Morgan fingerprint density at radius 1 is 1.42 bits per heavy atom. The zero-order valence-corrected chi connectivity index (χ0v) is 14.8. The summed E-state index contributed by atoms with van der Waals surface area (Å²) in [4.78, 5) is 16.0. The monoisotopic (exact) mass is 369 g/mol. The van der Waals surface area contributed by atoms with E-state index in [1.807, 2.05) is 0 Å². The number of hydrogen-bond donors (Lipinski definition) is 1. The van der Waals surface area contributed by atoms with Gasteiger partial charge in [-0.2, -0.15) is 13.2 Å². The first-order valence-electron chi connectivity index (χ1n) is 8.76. The SMILES string of the molecule is CC(C)n1c(C(F)(F)F)nc2cc(C(=O)NCCC3CCCO3)ccc21. The van der Waals surface area contributed by atoms with Gasteiger partial charge < -0.3 is 14.6 Å². The zero-order chi connectivity index (χ0) is 18.9. The van der Waals surface area contributed by atoms with Crippen LogP contribution < -0.4 is 5.32 Å². The Balaban J connectivity index is 1.79. The summed E-state index contributed by atoms with van der Waals surface area (Å²) in [7, 11) is 0.